The van der Waals surface area contributed by atoms with E-state index in [9.17, 15) is 0 Å². The fraction of sp³-hybridized carbons (Fsp3) is 0.0196. The molecule has 1 aliphatic heterocycles. The minimum absolute atomic E-state index is 0.321. The van der Waals surface area contributed by atoms with Gasteiger partial charge in [0.15, 0.2) is 5.84 Å². The van der Waals surface area contributed by atoms with Gasteiger partial charge in [0.2, 0.25) is 0 Å². The standard InChI is InChI=1S/C51H34N4O/c1-3-14-33(15-4-1)34-26-28-36(29-27-34)50-52-49(35-16-5-2-6-17-35)53-51(54-50)37-30-31-41-43-22-13-21-42(48(43)56-47(41)32-37)40-20-9-12-25-46(40)55-44-23-10-7-18-38(44)39-19-8-11-24-45(39)55/h1-32,50H,(H,52,53,54). The number of nitrogens with one attached hydrogen (secondary N) is 1. The van der Waals surface area contributed by atoms with Crippen molar-refractivity contribution in [2.45, 2.75) is 6.17 Å². The van der Waals surface area contributed by atoms with Crippen LogP contribution in [0.4, 0.5) is 0 Å². The molecule has 0 radical (unpaired) electrons. The number of aromatic nitrogens is 1. The van der Waals surface area contributed by atoms with Gasteiger partial charge in [-0.05, 0) is 47.0 Å². The van der Waals surface area contributed by atoms with Crippen LogP contribution in [0.3, 0.4) is 0 Å². The molecule has 1 N–H and O–H groups in total. The van der Waals surface area contributed by atoms with E-state index in [1.807, 2.05) is 24.3 Å². The molecule has 264 valence electrons. The Morgan fingerprint density at radius 2 is 1.05 bits per heavy atom. The Morgan fingerprint density at radius 1 is 0.464 bits per heavy atom. The minimum Gasteiger partial charge on any atom is -0.455 e. The fourth-order valence-electron chi connectivity index (χ4n) is 8.21. The Labute approximate surface area is 323 Å². The van der Waals surface area contributed by atoms with Crippen molar-refractivity contribution in [1.82, 2.24) is 9.88 Å². The lowest BCUT2D eigenvalue weighted by molar-refractivity contribution is 0.668. The second kappa shape index (κ2) is 13.1. The third-order valence-electron chi connectivity index (χ3n) is 10.9. The molecule has 5 heteroatoms. The molecule has 0 amide bonds. The Balaban J connectivity index is 1.03. The number of para-hydroxylation sites is 4. The van der Waals surface area contributed by atoms with Crippen LogP contribution in [0.1, 0.15) is 22.9 Å². The summed E-state index contributed by atoms with van der Waals surface area (Å²) in [5.74, 6) is 1.43. The first kappa shape index (κ1) is 32.0. The number of furan rings is 1. The summed E-state index contributed by atoms with van der Waals surface area (Å²) in [6.45, 7) is 0. The van der Waals surface area contributed by atoms with Crippen molar-refractivity contribution in [2.75, 3.05) is 0 Å². The molecule has 0 aliphatic carbocycles. The minimum atomic E-state index is -0.321. The van der Waals surface area contributed by atoms with Gasteiger partial charge in [0.05, 0.1) is 16.7 Å². The molecule has 1 aliphatic rings. The molecule has 5 nitrogen and oxygen atoms in total. The van der Waals surface area contributed by atoms with Crippen molar-refractivity contribution in [3.05, 3.63) is 211 Å². The molecule has 0 saturated heterocycles. The number of hydrogen-bond donors (Lipinski definition) is 1. The molecule has 1 unspecified atom stereocenters. The summed E-state index contributed by atoms with van der Waals surface area (Å²) in [6, 6.07) is 68.0. The summed E-state index contributed by atoms with van der Waals surface area (Å²) >= 11 is 0. The average Bonchev–Trinajstić information content (AvgIpc) is 3.82. The number of amidine groups is 2. The van der Waals surface area contributed by atoms with Gasteiger partial charge in [-0.15, -0.1) is 0 Å². The van der Waals surface area contributed by atoms with E-state index in [-0.39, 0.29) is 6.17 Å². The highest BCUT2D eigenvalue weighted by molar-refractivity contribution is 6.16. The molecule has 0 spiro atoms. The van der Waals surface area contributed by atoms with E-state index < -0.39 is 0 Å². The van der Waals surface area contributed by atoms with Crippen LogP contribution in [-0.4, -0.2) is 16.2 Å². The van der Waals surface area contributed by atoms with Gasteiger partial charge in [0, 0.05) is 43.8 Å². The van der Waals surface area contributed by atoms with Crippen molar-refractivity contribution in [3.8, 4) is 27.9 Å². The summed E-state index contributed by atoms with van der Waals surface area (Å²) in [5, 5.41) is 8.19. The molecule has 8 aromatic carbocycles. The van der Waals surface area contributed by atoms with Crippen molar-refractivity contribution in [1.29, 1.82) is 0 Å². The normalized spacial score (nSPS) is 14.2. The molecule has 1 atom stereocenters. The van der Waals surface area contributed by atoms with Crippen molar-refractivity contribution >= 4 is 55.4 Å². The number of fused-ring (bicyclic) bond motifs is 6. The zero-order chi connectivity index (χ0) is 37.0. The van der Waals surface area contributed by atoms with E-state index in [2.05, 4.69) is 180 Å². The maximum Gasteiger partial charge on any atom is 0.159 e. The highest BCUT2D eigenvalue weighted by Crippen LogP contribution is 2.41. The summed E-state index contributed by atoms with van der Waals surface area (Å²) in [7, 11) is 0. The Bertz CT molecular complexity index is 3100. The number of hydrogen-bond acceptors (Lipinski definition) is 4. The maximum atomic E-state index is 6.87. The summed E-state index contributed by atoms with van der Waals surface area (Å²) in [5.41, 5.74) is 12.5. The van der Waals surface area contributed by atoms with Crippen LogP contribution in [0.15, 0.2) is 209 Å². The molecule has 3 heterocycles. The van der Waals surface area contributed by atoms with Crippen molar-refractivity contribution in [3.63, 3.8) is 0 Å². The second-order valence-corrected chi connectivity index (χ2v) is 14.2. The lowest BCUT2D eigenvalue weighted by Gasteiger charge is -2.24. The van der Waals surface area contributed by atoms with Crippen LogP contribution in [-0.2, 0) is 0 Å². The van der Waals surface area contributed by atoms with E-state index in [1.165, 1.54) is 32.9 Å². The number of rotatable bonds is 6. The Kier molecular flexibility index (Phi) is 7.49. The molecule has 0 bridgehead atoms. The van der Waals surface area contributed by atoms with Crippen LogP contribution in [0.5, 0.6) is 0 Å². The van der Waals surface area contributed by atoms with Crippen LogP contribution in [0.2, 0.25) is 0 Å². The first-order valence-corrected chi connectivity index (χ1v) is 18.9. The largest absolute Gasteiger partial charge is 0.455 e. The molecule has 0 fully saturated rings. The summed E-state index contributed by atoms with van der Waals surface area (Å²) < 4.78 is 9.24. The molecular formula is C51H34N4O. The average molecular weight is 719 g/mol. The lowest BCUT2D eigenvalue weighted by Crippen LogP contribution is -2.33. The van der Waals surface area contributed by atoms with Gasteiger partial charge in [-0.25, -0.2) is 9.98 Å². The van der Waals surface area contributed by atoms with Gasteiger partial charge in [-0.3, -0.25) is 0 Å². The van der Waals surface area contributed by atoms with Gasteiger partial charge in [-0.2, -0.15) is 0 Å². The topological polar surface area (TPSA) is 54.8 Å². The molecular weight excluding hydrogens is 685 g/mol. The third kappa shape index (κ3) is 5.32. The molecule has 11 rings (SSSR count). The van der Waals surface area contributed by atoms with Crippen LogP contribution in [0.25, 0.3) is 71.7 Å². The smallest absolute Gasteiger partial charge is 0.159 e. The fourth-order valence-corrected chi connectivity index (χ4v) is 8.21. The predicted octanol–water partition coefficient (Wildman–Crippen LogP) is 12.5. The van der Waals surface area contributed by atoms with E-state index in [4.69, 9.17) is 14.4 Å². The highest BCUT2D eigenvalue weighted by atomic mass is 16.3. The maximum absolute atomic E-state index is 6.87. The molecule has 0 saturated carbocycles. The van der Waals surface area contributed by atoms with E-state index in [0.717, 1.165) is 61.3 Å². The van der Waals surface area contributed by atoms with Crippen LogP contribution >= 0.6 is 0 Å². The zero-order valence-corrected chi connectivity index (χ0v) is 30.3. The molecule has 10 aromatic rings. The van der Waals surface area contributed by atoms with Gasteiger partial charge in [-0.1, -0.05) is 164 Å². The molecule has 56 heavy (non-hydrogen) atoms. The number of benzene rings is 8. The van der Waals surface area contributed by atoms with Gasteiger partial charge >= 0.3 is 0 Å². The zero-order valence-electron chi connectivity index (χ0n) is 30.3. The van der Waals surface area contributed by atoms with Gasteiger partial charge in [0.1, 0.15) is 23.2 Å². The van der Waals surface area contributed by atoms with E-state index in [1.54, 1.807) is 0 Å². The van der Waals surface area contributed by atoms with Crippen LogP contribution < -0.4 is 5.32 Å². The van der Waals surface area contributed by atoms with E-state index >= 15 is 0 Å². The number of nitrogens with zero attached hydrogens (tertiary/aromatic N) is 3. The third-order valence-corrected chi connectivity index (χ3v) is 10.9. The van der Waals surface area contributed by atoms with Gasteiger partial charge in [0.25, 0.3) is 0 Å². The second-order valence-electron chi connectivity index (χ2n) is 14.2. The first-order chi connectivity index (χ1) is 27.8. The predicted molar refractivity (Wildman–Crippen MR) is 231 cm³/mol. The lowest BCUT2D eigenvalue weighted by atomic mass is 10.00. The molecule has 2 aromatic heterocycles. The summed E-state index contributed by atoms with van der Waals surface area (Å²) in [4.78, 5) is 10.3. The Morgan fingerprint density at radius 3 is 1.80 bits per heavy atom. The quantitative estimate of drug-likeness (QED) is 0.186. The first-order valence-electron chi connectivity index (χ1n) is 18.9. The van der Waals surface area contributed by atoms with E-state index in [0.29, 0.717) is 5.84 Å². The van der Waals surface area contributed by atoms with Crippen LogP contribution in [0, 0.1) is 0 Å². The number of aliphatic imine (C=N–C) groups is 2. The monoisotopic (exact) mass is 718 g/mol. The SMILES string of the molecule is c1ccc(C2=NC(c3ccc4c(c3)oc3c(-c5ccccc5-n5c6ccccc6c6ccccc65)cccc34)=NC(c3ccc(-c4ccccc4)cc3)N2)cc1. The van der Waals surface area contributed by atoms with Crippen molar-refractivity contribution < 1.29 is 4.42 Å². The summed E-state index contributed by atoms with van der Waals surface area (Å²) in [6.07, 6.45) is -0.321. The Hall–Kier alpha value is -7.50. The highest BCUT2D eigenvalue weighted by Gasteiger charge is 2.23. The van der Waals surface area contributed by atoms with Crippen molar-refractivity contribution in [2.24, 2.45) is 9.98 Å². The van der Waals surface area contributed by atoms with Gasteiger partial charge < -0.3 is 14.3 Å².